The minimum atomic E-state index is -4.88. The fourth-order valence-electron chi connectivity index (χ4n) is 1.05. The second kappa shape index (κ2) is 6.24. The number of ether oxygens (including phenoxy) is 1. The molecule has 98 valence electrons. The molecule has 0 saturated carbocycles. The highest BCUT2D eigenvalue weighted by atomic mass is 19.4. The first-order valence-corrected chi connectivity index (χ1v) is 4.53. The number of aliphatic carboxylic acids is 1. The van der Waals surface area contributed by atoms with Gasteiger partial charge >= 0.3 is 12.1 Å². The summed E-state index contributed by atoms with van der Waals surface area (Å²) in [7, 11) is 1.30. The van der Waals surface area contributed by atoms with Gasteiger partial charge in [-0.3, -0.25) is 4.99 Å². The largest absolute Gasteiger partial charge is 0.478 e. The summed E-state index contributed by atoms with van der Waals surface area (Å²) in [5, 5.41) is 8.59. The molecule has 0 bridgehead atoms. The topological polar surface area (TPSA) is 84.9 Å². The summed E-state index contributed by atoms with van der Waals surface area (Å²) >= 11 is 0. The Morgan fingerprint density at radius 1 is 1.59 bits per heavy atom. The standard InChI is InChI=1S/C9H13F3N2O3/c1-5(4-17-2)14-7(9(10,11)12)6(3-13)8(15)16/h3,5H,4,13H2,1-2H3,(H,15,16)/b6-3+,14-7?. The summed E-state index contributed by atoms with van der Waals surface area (Å²) in [6.45, 7) is 1.31. The van der Waals surface area contributed by atoms with Gasteiger partial charge in [0.2, 0.25) is 0 Å². The average molecular weight is 254 g/mol. The monoisotopic (exact) mass is 254 g/mol. The van der Waals surface area contributed by atoms with Crippen molar-refractivity contribution in [3.05, 3.63) is 11.8 Å². The Labute approximate surface area is 95.8 Å². The Hall–Kier alpha value is -1.57. The molecule has 0 aromatic rings. The third kappa shape index (κ3) is 4.85. The molecular weight excluding hydrogens is 241 g/mol. The molecule has 0 saturated heterocycles. The lowest BCUT2D eigenvalue weighted by Crippen LogP contribution is -2.31. The normalized spacial score (nSPS) is 15.8. The molecule has 0 heterocycles. The number of carboxylic acids is 1. The van der Waals surface area contributed by atoms with Crippen LogP contribution < -0.4 is 5.73 Å². The Kier molecular flexibility index (Phi) is 5.66. The Morgan fingerprint density at radius 2 is 2.12 bits per heavy atom. The first-order valence-electron chi connectivity index (χ1n) is 4.53. The van der Waals surface area contributed by atoms with Crippen LogP contribution in [0.4, 0.5) is 13.2 Å². The molecule has 0 aromatic carbocycles. The van der Waals surface area contributed by atoms with E-state index >= 15 is 0 Å². The second-order valence-electron chi connectivity index (χ2n) is 3.17. The summed E-state index contributed by atoms with van der Waals surface area (Å²) in [4.78, 5) is 13.9. The van der Waals surface area contributed by atoms with Gasteiger partial charge in [-0.2, -0.15) is 13.2 Å². The lowest BCUT2D eigenvalue weighted by Gasteiger charge is -2.13. The summed E-state index contributed by atoms with van der Waals surface area (Å²) in [6.07, 6.45) is -4.51. The molecular formula is C9H13F3N2O3. The van der Waals surface area contributed by atoms with Crippen molar-refractivity contribution in [1.29, 1.82) is 0 Å². The predicted octanol–water partition coefficient (Wildman–Crippen LogP) is 0.952. The number of methoxy groups -OCH3 is 1. The average Bonchev–Trinajstić information content (AvgIpc) is 2.15. The maximum atomic E-state index is 12.6. The highest BCUT2D eigenvalue weighted by Crippen LogP contribution is 2.23. The first kappa shape index (κ1) is 15.4. The van der Waals surface area contributed by atoms with Gasteiger partial charge in [0.15, 0.2) is 5.71 Å². The Balaban J connectivity index is 5.37. The first-order chi connectivity index (χ1) is 7.73. The highest BCUT2D eigenvalue weighted by Gasteiger charge is 2.40. The molecule has 0 fully saturated rings. The minimum Gasteiger partial charge on any atom is -0.478 e. The number of hydrogen-bond acceptors (Lipinski definition) is 4. The third-order valence-electron chi connectivity index (χ3n) is 1.68. The lowest BCUT2D eigenvalue weighted by molar-refractivity contribution is -0.132. The van der Waals surface area contributed by atoms with Crippen LogP contribution in [0.2, 0.25) is 0 Å². The minimum absolute atomic E-state index is 0.0585. The molecule has 0 aliphatic rings. The SMILES string of the molecule is COCC(C)N=C(/C(=C\N)C(=O)O)C(F)(F)F. The summed E-state index contributed by atoms with van der Waals surface area (Å²) < 4.78 is 42.4. The van der Waals surface area contributed by atoms with Crippen LogP contribution in [0.15, 0.2) is 16.8 Å². The maximum absolute atomic E-state index is 12.6. The van der Waals surface area contributed by atoms with E-state index in [1.54, 1.807) is 0 Å². The number of nitrogens with zero attached hydrogens (tertiary/aromatic N) is 1. The number of carbonyl (C=O) groups is 1. The van der Waals surface area contributed by atoms with Crippen LogP contribution >= 0.6 is 0 Å². The Morgan fingerprint density at radius 3 is 2.41 bits per heavy atom. The van der Waals surface area contributed by atoms with Crippen molar-refractivity contribution >= 4 is 11.7 Å². The van der Waals surface area contributed by atoms with Crippen molar-refractivity contribution in [2.45, 2.75) is 19.1 Å². The fourth-order valence-corrected chi connectivity index (χ4v) is 1.05. The van der Waals surface area contributed by atoms with E-state index in [2.05, 4.69) is 9.73 Å². The highest BCUT2D eigenvalue weighted by molar-refractivity contribution is 6.21. The van der Waals surface area contributed by atoms with E-state index in [-0.39, 0.29) is 6.61 Å². The van der Waals surface area contributed by atoms with E-state index in [1.165, 1.54) is 14.0 Å². The van der Waals surface area contributed by atoms with E-state index in [0.29, 0.717) is 6.20 Å². The van der Waals surface area contributed by atoms with E-state index < -0.39 is 29.5 Å². The van der Waals surface area contributed by atoms with Crippen LogP contribution in [-0.2, 0) is 9.53 Å². The van der Waals surface area contributed by atoms with Crippen molar-refractivity contribution < 1.29 is 27.8 Å². The zero-order valence-corrected chi connectivity index (χ0v) is 9.28. The molecule has 0 radical (unpaired) electrons. The second-order valence-corrected chi connectivity index (χ2v) is 3.17. The van der Waals surface area contributed by atoms with Crippen molar-refractivity contribution in [3.8, 4) is 0 Å². The Bertz CT molecular complexity index is 337. The predicted molar refractivity (Wildman–Crippen MR) is 54.7 cm³/mol. The van der Waals surface area contributed by atoms with Gasteiger partial charge in [-0.05, 0) is 6.92 Å². The van der Waals surface area contributed by atoms with Crippen LogP contribution in [0.5, 0.6) is 0 Å². The number of carboxylic acid groups (broad SMARTS) is 1. The number of hydrogen-bond donors (Lipinski definition) is 2. The number of nitrogens with two attached hydrogens (primary N) is 1. The quantitative estimate of drug-likeness (QED) is 0.565. The molecule has 3 N–H and O–H groups in total. The molecule has 0 amide bonds. The van der Waals surface area contributed by atoms with Crippen LogP contribution in [0.1, 0.15) is 6.92 Å². The number of rotatable bonds is 5. The molecule has 0 aliphatic heterocycles. The fraction of sp³-hybridized carbons (Fsp3) is 0.556. The van der Waals surface area contributed by atoms with Gasteiger partial charge in [0.1, 0.15) is 5.57 Å². The molecule has 0 rings (SSSR count). The summed E-state index contributed by atoms with van der Waals surface area (Å²) in [5.74, 6) is -1.78. The molecule has 0 aromatic heterocycles. The third-order valence-corrected chi connectivity index (χ3v) is 1.68. The van der Waals surface area contributed by atoms with Crippen LogP contribution in [0.25, 0.3) is 0 Å². The van der Waals surface area contributed by atoms with Gasteiger partial charge in [-0.25, -0.2) is 4.79 Å². The maximum Gasteiger partial charge on any atom is 0.433 e. The van der Waals surface area contributed by atoms with Crippen LogP contribution in [-0.4, -0.2) is 42.7 Å². The molecule has 8 heteroatoms. The molecule has 0 spiro atoms. The van der Waals surface area contributed by atoms with E-state index in [0.717, 1.165) is 0 Å². The van der Waals surface area contributed by atoms with Gasteiger partial charge in [-0.1, -0.05) is 0 Å². The number of aliphatic imine (C=N–C) groups is 1. The van der Waals surface area contributed by atoms with E-state index in [4.69, 9.17) is 10.8 Å². The van der Waals surface area contributed by atoms with Crippen molar-refractivity contribution in [3.63, 3.8) is 0 Å². The zero-order chi connectivity index (χ0) is 13.6. The van der Waals surface area contributed by atoms with Crippen LogP contribution in [0.3, 0.4) is 0 Å². The van der Waals surface area contributed by atoms with E-state index in [9.17, 15) is 18.0 Å². The molecule has 1 atom stereocenters. The summed E-state index contributed by atoms with van der Waals surface area (Å²) in [5.41, 5.74) is 2.27. The molecule has 5 nitrogen and oxygen atoms in total. The van der Waals surface area contributed by atoms with E-state index in [1.807, 2.05) is 0 Å². The van der Waals surface area contributed by atoms with Gasteiger partial charge in [0.05, 0.1) is 12.6 Å². The van der Waals surface area contributed by atoms with Gasteiger partial charge in [0, 0.05) is 13.3 Å². The van der Waals surface area contributed by atoms with Gasteiger partial charge < -0.3 is 15.6 Å². The van der Waals surface area contributed by atoms with Gasteiger partial charge in [-0.15, -0.1) is 0 Å². The lowest BCUT2D eigenvalue weighted by atomic mass is 10.1. The van der Waals surface area contributed by atoms with Gasteiger partial charge in [0.25, 0.3) is 0 Å². The van der Waals surface area contributed by atoms with Crippen LogP contribution in [0, 0.1) is 0 Å². The zero-order valence-electron chi connectivity index (χ0n) is 9.28. The van der Waals surface area contributed by atoms with Crippen molar-refractivity contribution in [2.24, 2.45) is 10.7 Å². The molecule has 0 aliphatic carbocycles. The molecule has 17 heavy (non-hydrogen) atoms. The molecule has 1 unspecified atom stereocenters. The number of halogens is 3. The summed E-state index contributed by atoms with van der Waals surface area (Å²) in [6, 6.07) is -0.828. The number of alkyl halides is 3. The van der Waals surface area contributed by atoms with Crippen molar-refractivity contribution in [2.75, 3.05) is 13.7 Å². The smallest absolute Gasteiger partial charge is 0.433 e. The van der Waals surface area contributed by atoms with Crippen molar-refractivity contribution in [1.82, 2.24) is 0 Å².